The van der Waals surface area contributed by atoms with Crippen LogP contribution in [0.15, 0.2) is 106 Å². The molecule has 2 atom stereocenters. The minimum Gasteiger partial charge on any atom is -0.497 e. The van der Waals surface area contributed by atoms with E-state index in [0.717, 1.165) is 64.1 Å². The summed E-state index contributed by atoms with van der Waals surface area (Å²) >= 11 is 7.23. The first-order valence-electron chi connectivity index (χ1n) is 18.4. The van der Waals surface area contributed by atoms with Crippen molar-refractivity contribution in [2.75, 3.05) is 20.5 Å². The lowest BCUT2D eigenvalue weighted by molar-refractivity contribution is -0.151. The second-order valence-corrected chi connectivity index (χ2v) is 16.9. The highest BCUT2D eigenvalue weighted by Gasteiger charge is 2.37. The van der Waals surface area contributed by atoms with E-state index in [-0.39, 0.29) is 30.2 Å². The normalized spacial score (nSPS) is 16.8. The SMILES string of the molecule is CF.COc1ccc(CN2C(=O)CCC(n3c4cccc(Br)c4c4cccnc43)C2=O)cc1.CS(=O)(=O)O.O=C1CCC(n2c3cccc(Br)c3c3cccnc32)C(=O)N1. The second-order valence-electron chi connectivity index (χ2n) is 13.7. The molecule has 4 amide bonds. The van der Waals surface area contributed by atoms with Gasteiger partial charge in [0.05, 0.1) is 38.1 Å². The van der Waals surface area contributed by atoms with Gasteiger partial charge < -0.3 is 13.9 Å². The van der Waals surface area contributed by atoms with Gasteiger partial charge in [-0.2, -0.15) is 8.42 Å². The Morgan fingerprint density at radius 3 is 1.77 bits per heavy atom. The summed E-state index contributed by atoms with van der Waals surface area (Å²) in [6, 6.07) is 26.1. The van der Waals surface area contributed by atoms with Gasteiger partial charge in [0.1, 0.15) is 29.1 Å². The number of carbonyl (C=O) groups excluding carboxylic acids is 4. The summed E-state index contributed by atoms with van der Waals surface area (Å²) in [6.07, 6.45) is 5.78. The second kappa shape index (κ2) is 18.8. The zero-order chi connectivity index (χ0) is 43.3. The molecule has 2 N–H and O–H groups in total. The van der Waals surface area contributed by atoms with E-state index >= 15 is 0 Å². The number of nitrogens with zero attached hydrogens (tertiary/aromatic N) is 5. The van der Waals surface area contributed by atoms with Crippen LogP contribution in [0.4, 0.5) is 4.39 Å². The van der Waals surface area contributed by atoms with Gasteiger partial charge in [-0.1, -0.05) is 56.1 Å². The molecule has 0 aliphatic carbocycles. The molecule has 2 aliphatic rings. The number of amides is 4. The Hall–Kier alpha value is -5.56. The fourth-order valence-corrected chi connectivity index (χ4v) is 8.60. The first-order valence-corrected chi connectivity index (χ1v) is 21.9. The van der Waals surface area contributed by atoms with Crippen LogP contribution < -0.4 is 10.1 Å². The predicted molar refractivity (Wildman–Crippen MR) is 233 cm³/mol. The third kappa shape index (κ3) is 9.26. The summed E-state index contributed by atoms with van der Waals surface area (Å²) in [4.78, 5) is 60.3. The van der Waals surface area contributed by atoms with Gasteiger partial charge in [-0.15, -0.1) is 0 Å². The van der Waals surface area contributed by atoms with Crippen molar-refractivity contribution < 1.29 is 41.3 Å². The third-order valence-electron chi connectivity index (χ3n) is 9.89. The zero-order valence-corrected chi connectivity index (χ0v) is 36.5. The minimum atomic E-state index is -3.67. The van der Waals surface area contributed by atoms with Gasteiger partial charge in [0.2, 0.25) is 17.7 Å². The Morgan fingerprint density at radius 1 is 0.767 bits per heavy atom. The van der Waals surface area contributed by atoms with Crippen LogP contribution in [0.3, 0.4) is 0 Å². The number of alkyl halides is 1. The molecular formula is C42H39Br2FN6O8S. The maximum absolute atomic E-state index is 13.6. The smallest absolute Gasteiger partial charge is 0.261 e. The van der Waals surface area contributed by atoms with Crippen LogP contribution >= 0.6 is 31.9 Å². The Kier molecular flexibility index (Phi) is 13.8. The molecule has 2 fully saturated rings. The molecule has 60 heavy (non-hydrogen) atoms. The molecule has 4 aromatic heterocycles. The molecule has 312 valence electrons. The highest BCUT2D eigenvalue weighted by Crippen LogP contribution is 2.39. The van der Waals surface area contributed by atoms with E-state index in [1.54, 1.807) is 19.5 Å². The molecule has 6 heterocycles. The maximum Gasteiger partial charge on any atom is 0.261 e. The zero-order valence-electron chi connectivity index (χ0n) is 32.5. The van der Waals surface area contributed by atoms with Gasteiger partial charge in [0.25, 0.3) is 16.0 Å². The summed E-state index contributed by atoms with van der Waals surface area (Å²) in [7, 11) is -1.56. The highest BCUT2D eigenvalue weighted by molar-refractivity contribution is 9.11. The minimum absolute atomic E-state index is 0.146. The molecule has 0 saturated carbocycles. The Balaban J connectivity index is 0.000000182. The number of fused-ring (bicyclic) bond motifs is 6. The lowest BCUT2D eigenvalue weighted by Gasteiger charge is -2.32. The molecule has 0 bridgehead atoms. The van der Waals surface area contributed by atoms with Gasteiger partial charge >= 0.3 is 0 Å². The average molecular weight is 967 g/mol. The molecular weight excluding hydrogens is 927 g/mol. The molecule has 18 heteroatoms. The number of rotatable bonds is 5. The number of nitrogens with one attached hydrogen (secondary N) is 1. The molecule has 2 saturated heterocycles. The Labute approximate surface area is 360 Å². The maximum atomic E-state index is 13.6. The summed E-state index contributed by atoms with van der Waals surface area (Å²) in [5.74, 6) is -0.0832. The fourth-order valence-electron chi connectivity index (χ4n) is 7.46. The summed E-state index contributed by atoms with van der Waals surface area (Å²) in [6.45, 7) is 0.242. The van der Waals surface area contributed by atoms with Gasteiger partial charge in [-0.05, 0) is 79.1 Å². The van der Waals surface area contributed by atoms with E-state index in [9.17, 15) is 32.0 Å². The van der Waals surface area contributed by atoms with Crippen molar-refractivity contribution in [3.05, 3.63) is 112 Å². The van der Waals surface area contributed by atoms with Crippen LogP contribution in [0.2, 0.25) is 0 Å². The lowest BCUT2D eigenvalue weighted by Crippen LogP contribution is -2.45. The molecule has 2 unspecified atom stereocenters. The number of methoxy groups -OCH3 is 1. The summed E-state index contributed by atoms with van der Waals surface area (Å²) in [5, 5.41) is 6.46. The van der Waals surface area contributed by atoms with E-state index in [1.165, 1.54) is 4.90 Å². The third-order valence-corrected chi connectivity index (χ3v) is 11.2. The number of ether oxygens (including phenoxy) is 1. The number of benzene rings is 3. The van der Waals surface area contributed by atoms with Crippen molar-refractivity contribution in [3.8, 4) is 5.75 Å². The van der Waals surface area contributed by atoms with Crippen molar-refractivity contribution >= 4 is 109 Å². The quantitative estimate of drug-likeness (QED) is 0.127. The van der Waals surface area contributed by atoms with E-state index in [4.69, 9.17) is 9.29 Å². The number of hydrogen-bond acceptors (Lipinski definition) is 9. The van der Waals surface area contributed by atoms with Crippen molar-refractivity contribution in [1.29, 1.82) is 0 Å². The van der Waals surface area contributed by atoms with Gasteiger partial charge in [0.15, 0.2) is 0 Å². The van der Waals surface area contributed by atoms with E-state index in [0.29, 0.717) is 39.1 Å². The van der Waals surface area contributed by atoms with Crippen LogP contribution in [-0.4, -0.2) is 81.1 Å². The number of imide groups is 2. The fraction of sp³-hybridized carbons (Fsp3) is 0.238. The number of pyridine rings is 2. The van der Waals surface area contributed by atoms with Crippen LogP contribution in [0, 0.1) is 0 Å². The number of aromatic nitrogens is 4. The standard InChI is InChI=1S/C24H20BrN3O3.C16H12BrN3O2.CH3F.CH4O3S/c1-31-16-9-7-15(8-10-16)14-27-21(29)12-11-20(24(27)30)28-19-6-2-5-18(25)22(19)17-4-3-13-26-23(17)28;17-10-4-1-5-11-14(10)9-3-2-8-18-15(9)20(11)12-6-7-13(21)19-16(12)22;1-2;1-5(2,3)4/h2-10,13,20H,11-12,14H2,1H3;1-5,8,12H,6-7H2,(H,19,21,22);1H3;1H3,(H,2,3,4). The first-order chi connectivity index (χ1) is 28.7. The average Bonchev–Trinajstić information content (AvgIpc) is 3.75. The van der Waals surface area contributed by atoms with Gasteiger partial charge in [-0.3, -0.25) is 38.3 Å². The topological polar surface area (TPSA) is 183 Å². The van der Waals surface area contributed by atoms with Crippen LogP contribution in [0.5, 0.6) is 5.75 Å². The monoisotopic (exact) mass is 964 g/mol. The number of carbonyl (C=O) groups is 4. The number of hydrogen-bond donors (Lipinski definition) is 2. The van der Waals surface area contributed by atoms with Crippen LogP contribution in [-0.2, 0) is 35.8 Å². The lowest BCUT2D eigenvalue weighted by atomic mass is 10.0. The Bertz CT molecular complexity index is 2860. The van der Waals surface area contributed by atoms with Crippen molar-refractivity contribution in [1.82, 2.24) is 29.3 Å². The van der Waals surface area contributed by atoms with E-state index < -0.39 is 22.2 Å². The molecule has 7 aromatic rings. The van der Waals surface area contributed by atoms with Crippen molar-refractivity contribution in [2.24, 2.45) is 0 Å². The molecule has 0 spiro atoms. The number of likely N-dealkylation sites (tertiary alicyclic amines) is 1. The van der Waals surface area contributed by atoms with Crippen molar-refractivity contribution in [3.63, 3.8) is 0 Å². The molecule has 2 aliphatic heterocycles. The Morgan fingerprint density at radius 2 is 1.27 bits per heavy atom. The number of halogens is 3. The largest absolute Gasteiger partial charge is 0.497 e. The highest BCUT2D eigenvalue weighted by atomic mass is 79.9. The molecule has 3 aromatic carbocycles. The molecule has 0 radical (unpaired) electrons. The van der Waals surface area contributed by atoms with Gasteiger partial charge in [0, 0.05) is 55.7 Å². The molecule has 9 rings (SSSR count). The van der Waals surface area contributed by atoms with Crippen molar-refractivity contribution in [2.45, 2.75) is 44.3 Å². The van der Waals surface area contributed by atoms with Gasteiger partial charge in [-0.25, -0.2) is 9.97 Å². The summed E-state index contributed by atoms with van der Waals surface area (Å²) < 4.78 is 46.4. The molecule has 14 nitrogen and oxygen atoms in total. The van der Waals surface area contributed by atoms with Crippen LogP contribution in [0.25, 0.3) is 43.9 Å². The first kappa shape index (κ1) is 44.0. The van der Waals surface area contributed by atoms with E-state index in [1.807, 2.05) is 94.1 Å². The summed E-state index contributed by atoms with van der Waals surface area (Å²) in [5.41, 5.74) is 4.27. The van der Waals surface area contributed by atoms with Crippen LogP contribution in [0.1, 0.15) is 43.3 Å². The van der Waals surface area contributed by atoms with E-state index in [2.05, 4.69) is 47.1 Å². The predicted octanol–water partition coefficient (Wildman–Crippen LogP) is 7.87. The number of piperidine rings is 2.